The Kier molecular flexibility index (Phi) is 6.40. The third-order valence-electron chi connectivity index (χ3n) is 3.05. The fraction of sp³-hybridized carbons (Fsp3) is 0.235. The Morgan fingerprint density at radius 3 is 2.83 bits per heavy atom. The van der Waals surface area contributed by atoms with E-state index in [2.05, 4.69) is 26.6 Å². The van der Waals surface area contributed by atoms with Crippen LogP contribution in [-0.4, -0.2) is 25.6 Å². The molecule has 0 aliphatic carbocycles. The molecule has 0 fully saturated rings. The summed E-state index contributed by atoms with van der Waals surface area (Å²) < 4.78 is 19.8. The van der Waals surface area contributed by atoms with Gasteiger partial charge in [-0.15, -0.1) is 0 Å². The van der Waals surface area contributed by atoms with Crippen molar-refractivity contribution in [2.24, 2.45) is 0 Å². The molecule has 0 bridgehead atoms. The van der Waals surface area contributed by atoms with Crippen molar-refractivity contribution in [1.29, 1.82) is 0 Å². The van der Waals surface area contributed by atoms with E-state index in [0.717, 1.165) is 11.3 Å². The molecule has 0 aromatic heterocycles. The maximum absolute atomic E-state index is 13.6. The first-order valence-electron chi connectivity index (χ1n) is 7.19. The number of amides is 1. The topological polar surface area (TPSA) is 50.4 Å². The zero-order valence-corrected chi connectivity index (χ0v) is 14.3. The number of aryl methyl sites for hydroxylation is 1. The lowest BCUT2D eigenvalue weighted by Crippen LogP contribution is -2.33. The Morgan fingerprint density at radius 1 is 1.26 bits per heavy atom. The van der Waals surface area contributed by atoms with E-state index in [1.54, 1.807) is 12.1 Å². The first-order valence-corrected chi connectivity index (χ1v) is 7.99. The summed E-state index contributed by atoms with van der Waals surface area (Å²) in [6.07, 6.45) is 0. The van der Waals surface area contributed by atoms with Crippen molar-refractivity contribution < 1.29 is 13.9 Å². The average molecular weight is 381 g/mol. The Labute approximate surface area is 143 Å². The van der Waals surface area contributed by atoms with Gasteiger partial charge in [0.1, 0.15) is 18.2 Å². The van der Waals surface area contributed by atoms with Gasteiger partial charge in [-0.1, -0.05) is 28.1 Å². The lowest BCUT2D eigenvalue weighted by Gasteiger charge is -2.10. The summed E-state index contributed by atoms with van der Waals surface area (Å²) in [6.45, 7) is 2.75. The molecule has 0 aliphatic heterocycles. The highest BCUT2D eigenvalue weighted by molar-refractivity contribution is 9.10. The molecule has 0 heterocycles. The SMILES string of the molecule is Cc1cccc(OCCNC(=O)CNc2ccc(Br)cc2F)c1. The molecule has 6 heteroatoms. The summed E-state index contributed by atoms with van der Waals surface area (Å²) in [6, 6.07) is 12.3. The number of carbonyl (C=O) groups excluding carboxylic acids is 1. The number of rotatable bonds is 7. The molecule has 0 saturated heterocycles. The molecule has 0 saturated carbocycles. The Bertz CT molecular complexity index is 679. The van der Waals surface area contributed by atoms with E-state index in [4.69, 9.17) is 4.74 Å². The highest BCUT2D eigenvalue weighted by Gasteiger charge is 2.05. The Balaban J connectivity index is 1.67. The second-order valence-electron chi connectivity index (χ2n) is 4.99. The quantitative estimate of drug-likeness (QED) is 0.722. The van der Waals surface area contributed by atoms with Crippen LogP contribution < -0.4 is 15.4 Å². The molecule has 0 aliphatic rings. The van der Waals surface area contributed by atoms with Gasteiger partial charge in [0, 0.05) is 4.47 Å². The van der Waals surface area contributed by atoms with Crippen LogP contribution in [0.25, 0.3) is 0 Å². The Morgan fingerprint density at radius 2 is 2.09 bits per heavy atom. The molecular weight excluding hydrogens is 363 g/mol. The zero-order valence-electron chi connectivity index (χ0n) is 12.7. The third-order valence-corrected chi connectivity index (χ3v) is 3.55. The summed E-state index contributed by atoms with van der Waals surface area (Å²) in [5.74, 6) is 0.143. The second-order valence-corrected chi connectivity index (χ2v) is 5.91. The molecular formula is C17H18BrFN2O2. The number of carbonyl (C=O) groups is 1. The normalized spacial score (nSPS) is 10.2. The van der Waals surface area contributed by atoms with Crippen LogP contribution in [0.3, 0.4) is 0 Å². The average Bonchev–Trinajstić information content (AvgIpc) is 2.51. The third kappa shape index (κ3) is 5.90. The maximum Gasteiger partial charge on any atom is 0.239 e. The van der Waals surface area contributed by atoms with Crippen LogP contribution in [0, 0.1) is 12.7 Å². The minimum Gasteiger partial charge on any atom is -0.492 e. The first kappa shape index (κ1) is 17.3. The van der Waals surface area contributed by atoms with Gasteiger partial charge < -0.3 is 15.4 Å². The van der Waals surface area contributed by atoms with Gasteiger partial charge in [0.2, 0.25) is 5.91 Å². The number of halogens is 2. The van der Waals surface area contributed by atoms with Gasteiger partial charge in [-0.2, -0.15) is 0 Å². The van der Waals surface area contributed by atoms with E-state index in [9.17, 15) is 9.18 Å². The largest absolute Gasteiger partial charge is 0.492 e. The van der Waals surface area contributed by atoms with Crippen molar-refractivity contribution >= 4 is 27.5 Å². The molecule has 0 radical (unpaired) electrons. The number of benzene rings is 2. The van der Waals surface area contributed by atoms with E-state index in [0.29, 0.717) is 23.3 Å². The zero-order chi connectivity index (χ0) is 16.7. The molecule has 0 unspecified atom stereocenters. The van der Waals surface area contributed by atoms with Crippen LogP contribution >= 0.6 is 15.9 Å². The molecule has 4 nitrogen and oxygen atoms in total. The van der Waals surface area contributed by atoms with Gasteiger partial charge in [0.15, 0.2) is 0 Å². The lowest BCUT2D eigenvalue weighted by molar-refractivity contribution is -0.119. The first-order chi connectivity index (χ1) is 11.0. The molecule has 2 aromatic rings. The van der Waals surface area contributed by atoms with Gasteiger partial charge in [-0.3, -0.25) is 4.79 Å². The summed E-state index contributed by atoms with van der Waals surface area (Å²) >= 11 is 3.18. The molecule has 2 N–H and O–H groups in total. The van der Waals surface area contributed by atoms with Crippen molar-refractivity contribution in [3.8, 4) is 5.75 Å². The maximum atomic E-state index is 13.6. The minimum atomic E-state index is -0.407. The van der Waals surface area contributed by atoms with Crippen LogP contribution in [0.4, 0.5) is 10.1 Å². The van der Waals surface area contributed by atoms with Crippen molar-refractivity contribution in [2.45, 2.75) is 6.92 Å². The van der Waals surface area contributed by atoms with Gasteiger partial charge in [0.05, 0.1) is 18.8 Å². The number of ether oxygens (including phenoxy) is 1. The van der Waals surface area contributed by atoms with Crippen LogP contribution in [0.5, 0.6) is 5.75 Å². The van der Waals surface area contributed by atoms with E-state index in [1.807, 2.05) is 31.2 Å². The summed E-state index contributed by atoms with van der Waals surface area (Å²) in [7, 11) is 0. The van der Waals surface area contributed by atoms with E-state index < -0.39 is 5.82 Å². The fourth-order valence-corrected chi connectivity index (χ4v) is 2.27. The van der Waals surface area contributed by atoms with Crippen molar-refractivity contribution in [2.75, 3.05) is 25.0 Å². The second kappa shape index (κ2) is 8.53. The summed E-state index contributed by atoms with van der Waals surface area (Å²) in [4.78, 5) is 11.7. The van der Waals surface area contributed by atoms with Gasteiger partial charge in [-0.25, -0.2) is 4.39 Å². The molecule has 0 spiro atoms. The van der Waals surface area contributed by atoms with Crippen LogP contribution in [0.15, 0.2) is 46.9 Å². The minimum absolute atomic E-state index is 0.00297. The van der Waals surface area contributed by atoms with Crippen LogP contribution in [0.2, 0.25) is 0 Å². The smallest absolute Gasteiger partial charge is 0.239 e. The predicted octanol–water partition coefficient (Wildman–Crippen LogP) is 3.50. The number of hydrogen-bond donors (Lipinski definition) is 2. The summed E-state index contributed by atoms with van der Waals surface area (Å²) in [5, 5.41) is 5.47. The van der Waals surface area contributed by atoms with E-state index in [-0.39, 0.29) is 12.5 Å². The number of nitrogens with one attached hydrogen (secondary N) is 2. The lowest BCUT2D eigenvalue weighted by atomic mass is 10.2. The van der Waals surface area contributed by atoms with Gasteiger partial charge in [0.25, 0.3) is 0 Å². The van der Waals surface area contributed by atoms with E-state index >= 15 is 0 Å². The summed E-state index contributed by atoms with van der Waals surface area (Å²) in [5.41, 5.74) is 1.41. The van der Waals surface area contributed by atoms with Crippen molar-refractivity contribution in [3.05, 3.63) is 58.3 Å². The monoisotopic (exact) mass is 380 g/mol. The fourth-order valence-electron chi connectivity index (χ4n) is 1.94. The number of anilines is 1. The highest BCUT2D eigenvalue weighted by Crippen LogP contribution is 2.18. The number of hydrogen-bond acceptors (Lipinski definition) is 3. The molecule has 2 aromatic carbocycles. The molecule has 2 rings (SSSR count). The van der Waals surface area contributed by atoms with Gasteiger partial charge >= 0.3 is 0 Å². The highest BCUT2D eigenvalue weighted by atomic mass is 79.9. The molecule has 0 atom stereocenters. The van der Waals surface area contributed by atoms with Gasteiger partial charge in [-0.05, 0) is 42.8 Å². The predicted molar refractivity (Wildman–Crippen MR) is 92.3 cm³/mol. The van der Waals surface area contributed by atoms with Crippen molar-refractivity contribution in [1.82, 2.24) is 5.32 Å². The van der Waals surface area contributed by atoms with Crippen LogP contribution in [0.1, 0.15) is 5.56 Å². The van der Waals surface area contributed by atoms with Crippen molar-refractivity contribution in [3.63, 3.8) is 0 Å². The standard InChI is InChI=1S/C17H18BrFN2O2/c1-12-3-2-4-14(9-12)23-8-7-20-17(22)11-21-16-6-5-13(18)10-15(16)19/h2-6,9-10,21H,7-8,11H2,1H3,(H,20,22). The Hall–Kier alpha value is -2.08. The molecule has 23 heavy (non-hydrogen) atoms. The van der Waals surface area contributed by atoms with Crippen LogP contribution in [-0.2, 0) is 4.79 Å². The van der Waals surface area contributed by atoms with E-state index in [1.165, 1.54) is 6.07 Å². The molecule has 122 valence electrons. The molecule has 1 amide bonds.